The van der Waals surface area contributed by atoms with Gasteiger partial charge in [0.05, 0.1) is 18.8 Å². The fourth-order valence-electron chi connectivity index (χ4n) is 3.18. The molecule has 2 saturated heterocycles. The summed E-state index contributed by atoms with van der Waals surface area (Å²) in [6.45, 7) is 1.04. The van der Waals surface area contributed by atoms with Crippen LogP contribution in [0.3, 0.4) is 0 Å². The lowest BCUT2D eigenvalue weighted by molar-refractivity contribution is -0.142. The van der Waals surface area contributed by atoms with E-state index in [-0.39, 0.29) is 30.0 Å². The molecule has 2 fully saturated rings. The van der Waals surface area contributed by atoms with Crippen molar-refractivity contribution in [2.24, 2.45) is 0 Å². The van der Waals surface area contributed by atoms with Crippen LogP contribution >= 0.6 is 0 Å². The topological polar surface area (TPSA) is 29.5 Å². The molecule has 114 valence electrons. The molecule has 0 amide bonds. The molecule has 0 radical (unpaired) electrons. The molecule has 21 heavy (non-hydrogen) atoms. The first-order chi connectivity index (χ1) is 9.95. The Hall–Kier alpha value is -1.40. The van der Waals surface area contributed by atoms with Gasteiger partial charge in [0.15, 0.2) is 0 Å². The van der Waals surface area contributed by atoms with Gasteiger partial charge in [0, 0.05) is 31.5 Å². The van der Waals surface area contributed by atoms with Crippen molar-refractivity contribution < 1.29 is 22.7 Å². The number of halogens is 3. The van der Waals surface area contributed by atoms with Crippen molar-refractivity contribution in [3.05, 3.63) is 35.4 Å². The summed E-state index contributed by atoms with van der Waals surface area (Å²) in [7, 11) is 0. The minimum Gasteiger partial charge on any atom is -0.378 e. The highest BCUT2D eigenvalue weighted by Gasteiger charge is 2.40. The number of nitrogens with zero attached hydrogens (tertiary/aromatic N) is 1. The van der Waals surface area contributed by atoms with Gasteiger partial charge >= 0.3 is 6.18 Å². The van der Waals surface area contributed by atoms with Crippen LogP contribution in [0, 0.1) is 0 Å². The van der Waals surface area contributed by atoms with E-state index < -0.39 is 11.7 Å². The predicted molar refractivity (Wildman–Crippen MR) is 69.6 cm³/mol. The number of hydrogen-bond acceptors (Lipinski definition) is 3. The molecule has 0 aromatic heterocycles. The van der Waals surface area contributed by atoms with Gasteiger partial charge in [0.1, 0.15) is 5.78 Å². The third-order valence-corrected chi connectivity index (χ3v) is 4.16. The van der Waals surface area contributed by atoms with Crippen LogP contribution in [0.5, 0.6) is 0 Å². The molecule has 1 aromatic carbocycles. The van der Waals surface area contributed by atoms with Gasteiger partial charge in [0.2, 0.25) is 0 Å². The number of ketones is 1. The molecule has 0 N–H and O–H groups in total. The van der Waals surface area contributed by atoms with Crippen LogP contribution in [0.1, 0.15) is 24.0 Å². The largest absolute Gasteiger partial charge is 0.416 e. The molecule has 0 saturated carbocycles. The number of ether oxygens (including phenoxy) is 1. The summed E-state index contributed by atoms with van der Waals surface area (Å²) < 4.78 is 44.6. The lowest BCUT2D eigenvalue weighted by Gasteiger charge is -2.45. The van der Waals surface area contributed by atoms with Gasteiger partial charge < -0.3 is 4.74 Å². The Balaban J connectivity index is 1.85. The predicted octanol–water partition coefficient (Wildman–Crippen LogP) is 2.64. The van der Waals surface area contributed by atoms with E-state index in [0.29, 0.717) is 26.1 Å². The van der Waals surface area contributed by atoms with E-state index in [2.05, 4.69) is 0 Å². The lowest BCUT2D eigenvalue weighted by atomic mass is 9.92. The summed E-state index contributed by atoms with van der Waals surface area (Å²) in [4.78, 5) is 13.6. The molecule has 0 aliphatic carbocycles. The molecule has 1 aromatic rings. The zero-order valence-corrected chi connectivity index (χ0v) is 11.4. The summed E-state index contributed by atoms with van der Waals surface area (Å²) in [5.74, 6) is 0.175. The Kier molecular flexibility index (Phi) is 3.75. The zero-order chi connectivity index (χ0) is 15.0. The quantitative estimate of drug-likeness (QED) is 0.841. The van der Waals surface area contributed by atoms with E-state index in [9.17, 15) is 18.0 Å². The van der Waals surface area contributed by atoms with Crippen LogP contribution < -0.4 is 0 Å². The molecule has 2 bridgehead atoms. The van der Waals surface area contributed by atoms with Gasteiger partial charge in [-0.2, -0.15) is 13.2 Å². The van der Waals surface area contributed by atoms with E-state index in [1.54, 1.807) is 6.07 Å². The first-order valence-electron chi connectivity index (χ1n) is 6.95. The number of rotatable bonds is 2. The average Bonchev–Trinajstić information content (AvgIpc) is 2.39. The maximum atomic E-state index is 13.1. The zero-order valence-electron chi connectivity index (χ0n) is 11.4. The molecule has 3 nitrogen and oxygen atoms in total. The minimum atomic E-state index is -4.35. The van der Waals surface area contributed by atoms with E-state index in [1.165, 1.54) is 12.1 Å². The maximum absolute atomic E-state index is 13.1. The number of hydrogen-bond donors (Lipinski definition) is 0. The standard InChI is InChI=1S/C15H16F3NO2/c16-15(17,18)14-4-2-1-3-10(14)7-19-11-5-13(20)6-12(19)9-21-8-11/h1-4,11-12H,5-9H2. The van der Waals surface area contributed by atoms with Crippen molar-refractivity contribution >= 4 is 5.78 Å². The summed E-state index contributed by atoms with van der Waals surface area (Å²) >= 11 is 0. The minimum absolute atomic E-state index is 0.105. The molecule has 2 aliphatic heterocycles. The van der Waals surface area contributed by atoms with Crippen molar-refractivity contribution in [2.45, 2.75) is 37.6 Å². The van der Waals surface area contributed by atoms with E-state index in [4.69, 9.17) is 4.74 Å². The summed E-state index contributed by atoms with van der Waals surface area (Å²) in [6, 6.07) is 5.42. The number of piperidine rings is 1. The fourth-order valence-corrected chi connectivity index (χ4v) is 3.18. The second kappa shape index (κ2) is 5.42. The van der Waals surface area contributed by atoms with Crippen molar-refractivity contribution in [3.63, 3.8) is 0 Å². The van der Waals surface area contributed by atoms with Gasteiger partial charge in [-0.05, 0) is 11.6 Å². The number of fused-ring (bicyclic) bond motifs is 2. The molecular formula is C15H16F3NO2. The van der Waals surface area contributed by atoms with Crippen molar-refractivity contribution in [2.75, 3.05) is 13.2 Å². The van der Waals surface area contributed by atoms with Crippen molar-refractivity contribution in [1.82, 2.24) is 4.90 Å². The number of carbonyl (C=O) groups is 1. The van der Waals surface area contributed by atoms with E-state index >= 15 is 0 Å². The third-order valence-electron chi connectivity index (χ3n) is 4.16. The van der Waals surface area contributed by atoms with Crippen LogP contribution in [0.25, 0.3) is 0 Å². The SMILES string of the molecule is O=C1CC2COCC(C1)N2Cc1ccccc1C(F)(F)F. The number of morpholine rings is 1. The highest BCUT2D eigenvalue weighted by atomic mass is 19.4. The van der Waals surface area contributed by atoms with Gasteiger partial charge in [0.25, 0.3) is 0 Å². The Bertz CT molecular complexity index is 528. The van der Waals surface area contributed by atoms with Gasteiger partial charge in [-0.3, -0.25) is 9.69 Å². The number of benzene rings is 1. The molecule has 2 heterocycles. The molecule has 2 aliphatic rings. The summed E-state index contributed by atoms with van der Waals surface area (Å²) in [6.07, 6.45) is -3.62. The van der Waals surface area contributed by atoms with Gasteiger partial charge in [-0.15, -0.1) is 0 Å². The Morgan fingerprint density at radius 1 is 1.14 bits per heavy atom. The second-order valence-corrected chi connectivity index (χ2v) is 5.62. The van der Waals surface area contributed by atoms with Gasteiger partial charge in [-0.1, -0.05) is 18.2 Å². The molecule has 6 heteroatoms. The number of alkyl halides is 3. The number of Topliss-reactive ketones (excluding diaryl/α,β-unsaturated/α-hetero) is 1. The van der Waals surface area contributed by atoms with Crippen LogP contribution in [0.4, 0.5) is 13.2 Å². The number of carbonyl (C=O) groups excluding carboxylic acids is 1. The van der Waals surface area contributed by atoms with Crippen LogP contribution in [0.15, 0.2) is 24.3 Å². The smallest absolute Gasteiger partial charge is 0.378 e. The molecule has 2 unspecified atom stereocenters. The average molecular weight is 299 g/mol. The monoisotopic (exact) mass is 299 g/mol. The first kappa shape index (κ1) is 14.5. The molecule has 0 spiro atoms. The van der Waals surface area contributed by atoms with Crippen molar-refractivity contribution in [1.29, 1.82) is 0 Å². The van der Waals surface area contributed by atoms with Crippen LogP contribution in [0.2, 0.25) is 0 Å². The molecule has 2 atom stereocenters. The van der Waals surface area contributed by atoms with E-state index in [1.807, 2.05) is 4.90 Å². The highest BCUT2D eigenvalue weighted by molar-refractivity contribution is 5.80. The van der Waals surface area contributed by atoms with Crippen LogP contribution in [-0.2, 0) is 22.3 Å². The lowest BCUT2D eigenvalue weighted by Crippen LogP contribution is -2.56. The summed E-state index contributed by atoms with van der Waals surface area (Å²) in [5.41, 5.74) is -0.336. The van der Waals surface area contributed by atoms with Crippen LogP contribution in [-0.4, -0.2) is 36.0 Å². The third kappa shape index (κ3) is 2.96. The Labute approximate surface area is 120 Å². The van der Waals surface area contributed by atoms with Crippen molar-refractivity contribution in [3.8, 4) is 0 Å². The Morgan fingerprint density at radius 2 is 1.76 bits per heavy atom. The highest BCUT2D eigenvalue weighted by Crippen LogP contribution is 2.34. The fraction of sp³-hybridized carbons (Fsp3) is 0.533. The normalized spacial score (nSPS) is 26.9. The van der Waals surface area contributed by atoms with Gasteiger partial charge in [-0.25, -0.2) is 0 Å². The summed E-state index contributed by atoms with van der Waals surface area (Å²) in [5, 5.41) is 0. The Morgan fingerprint density at radius 3 is 2.38 bits per heavy atom. The maximum Gasteiger partial charge on any atom is 0.416 e. The molecule has 3 rings (SSSR count). The second-order valence-electron chi connectivity index (χ2n) is 5.62. The van der Waals surface area contributed by atoms with E-state index in [0.717, 1.165) is 6.07 Å². The molecular weight excluding hydrogens is 283 g/mol. The first-order valence-corrected chi connectivity index (χ1v) is 6.95.